The molecule has 0 aromatic heterocycles. The van der Waals surface area contributed by atoms with E-state index in [0.717, 1.165) is 30.4 Å². The lowest BCUT2D eigenvalue weighted by Gasteiger charge is -2.28. The van der Waals surface area contributed by atoms with E-state index < -0.39 is 11.7 Å². The molecule has 0 aliphatic heterocycles. The van der Waals surface area contributed by atoms with Crippen LogP contribution >= 0.6 is 0 Å². The zero-order valence-electron chi connectivity index (χ0n) is 22.2. The highest BCUT2D eigenvalue weighted by Gasteiger charge is 2.36. The van der Waals surface area contributed by atoms with E-state index in [1.54, 1.807) is 6.07 Å². The van der Waals surface area contributed by atoms with Crippen molar-refractivity contribution in [2.75, 3.05) is 0 Å². The molecular formula is C30H47F3. The average molecular weight is 465 g/mol. The molecule has 0 spiro atoms. The molecule has 3 heteroatoms. The molecule has 0 heterocycles. The van der Waals surface area contributed by atoms with Crippen LogP contribution in [0.2, 0.25) is 0 Å². The number of rotatable bonds is 4. The second-order valence-corrected chi connectivity index (χ2v) is 8.68. The van der Waals surface area contributed by atoms with Crippen molar-refractivity contribution in [3.63, 3.8) is 0 Å². The van der Waals surface area contributed by atoms with Crippen LogP contribution in [0.4, 0.5) is 13.2 Å². The topological polar surface area (TPSA) is 0 Å². The Morgan fingerprint density at radius 1 is 0.879 bits per heavy atom. The van der Waals surface area contributed by atoms with Gasteiger partial charge >= 0.3 is 6.18 Å². The van der Waals surface area contributed by atoms with Gasteiger partial charge in [0.1, 0.15) is 0 Å². The minimum Gasteiger partial charge on any atom is -0.166 e. The predicted octanol–water partition coefficient (Wildman–Crippen LogP) is 11.0. The van der Waals surface area contributed by atoms with Crippen molar-refractivity contribution in [1.82, 2.24) is 0 Å². The number of halogens is 3. The SMILES string of the molecule is CC.CCC.CCCC.Cc1ccc(C(F)(F)F)cc1C1CCCC1[C@@H](C)c1ccccc1. The van der Waals surface area contributed by atoms with E-state index in [0.29, 0.717) is 11.8 Å². The number of benzene rings is 2. The van der Waals surface area contributed by atoms with Gasteiger partial charge in [0, 0.05) is 0 Å². The van der Waals surface area contributed by atoms with Gasteiger partial charge in [0.05, 0.1) is 5.56 Å². The molecule has 0 bridgehead atoms. The Bertz CT molecular complexity index is 732. The van der Waals surface area contributed by atoms with E-state index in [1.807, 2.05) is 39.0 Å². The lowest BCUT2D eigenvalue weighted by molar-refractivity contribution is -0.137. The van der Waals surface area contributed by atoms with Gasteiger partial charge in [-0.25, -0.2) is 0 Å². The first-order valence-corrected chi connectivity index (χ1v) is 12.9. The van der Waals surface area contributed by atoms with E-state index in [-0.39, 0.29) is 5.92 Å². The van der Waals surface area contributed by atoms with Crippen molar-refractivity contribution in [3.8, 4) is 0 Å². The molecule has 0 radical (unpaired) electrons. The largest absolute Gasteiger partial charge is 0.416 e. The highest BCUT2D eigenvalue weighted by Crippen LogP contribution is 2.48. The summed E-state index contributed by atoms with van der Waals surface area (Å²) in [5.74, 6) is 0.963. The van der Waals surface area contributed by atoms with E-state index >= 15 is 0 Å². The summed E-state index contributed by atoms with van der Waals surface area (Å²) in [6, 6.07) is 14.5. The van der Waals surface area contributed by atoms with Crippen LogP contribution in [0.1, 0.15) is 121 Å². The maximum Gasteiger partial charge on any atom is 0.416 e. The summed E-state index contributed by atoms with van der Waals surface area (Å²) in [5.41, 5.74) is 2.61. The van der Waals surface area contributed by atoms with Crippen LogP contribution in [0.3, 0.4) is 0 Å². The molecule has 2 unspecified atom stereocenters. The third kappa shape index (κ3) is 10.4. The maximum atomic E-state index is 13.1. The molecule has 0 saturated heterocycles. The van der Waals surface area contributed by atoms with Crippen molar-refractivity contribution in [2.45, 2.75) is 112 Å². The van der Waals surface area contributed by atoms with E-state index in [9.17, 15) is 13.2 Å². The van der Waals surface area contributed by atoms with Gasteiger partial charge in [0.25, 0.3) is 0 Å². The third-order valence-electron chi connectivity index (χ3n) is 6.04. The Kier molecular flexibility index (Phi) is 15.9. The van der Waals surface area contributed by atoms with Crippen LogP contribution in [0.5, 0.6) is 0 Å². The van der Waals surface area contributed by atoms with Crippen LogP contribution < -0.4 is 0 Å². The summed E-state index contributed by atoms with van der Waals surface area (Å²) >= 11 is 0. The first-order valence-electron chi connectivity index (χ1n) is 12.9. The summed E-state index contributed by atoms with van der Waals surface area (Å²) < 4.78 is 39.3. The van der Waals surface area contributed by atoms with Gasteiger partial charge in [0.15, 0.2) is 0 Å². The molecule has 3 atom stereocenters. The summed E-state index contributed by atoms with van der Waals surface area (Å²) in [7, 11) is 0. The van der Waals surface area contributed by atoms with Crippen LogP contribution in [0.15, 0.2) is 48.5 Å². The van der Waals surface area contributed by atoms with Crippen molar-refractivity contribution < 1.29 is 13.2 Å². The van der Waals surface area contributed by atoms with Crippen molar-refractivity contribution >= 4 is 0 Å². The minimum absolute atomic E-state index is 0.211. The Morgan fingerprint density at radius 3 is 1.91 bits per heavy atom. The Labute approximate surface area is 202 Å². The normalized spacial score (nSPS) is 18.0. The molecule has 188 valence electrons. The predicted molar refractivity (Wildman–Crippen MR) is 139 cm³/mol. The molecule has 1 saturated carbocycles. The van der Waals surface area contributed by atoms with Crippen LogP contribution in [0, 0.1) is 12.8 Å². The van der Waals surface area contributed by atoms with E-state index in [4.69, 9.17) is 0 Å². The van der Waals surface area contributed by atoms with E-state index in [1.165, 1.54) is 37.0 Å². The van der Waals surface area contributed by atoms with Gasteiger partial charge in [-0.3, -0.25) is 0 Å². The number of alkyl halides is 3. The smallest absolute Gasteiger partial charge is 0.166 e. The fourth-order valence-corrected chi connectivity index (χ4v) is 4.19. The number of hydrogen-bond donors (Lipinski definition) is 0. The quantitative estimate of drug-likeness (QED) is 0.422. The molecule has 33 heavy (non-hydrogen) atoms. The van der Waals surface area contributed by atoms with Crippen molar-refractivity contribution in [2.24, 2.45) is 5.92 Å². The van der Waals surface area contributed by atoms with Gasteiger partial charge in [-0.15, -0.1) is 0 Å². The standard InChI is InChI=1S/C21H23F3.C4H10.C3H8.C2H6/c1-14-11-12-17(21(22,23)24)13-20(14)19-10-6-9-18(19)15(2)16-7-4-3-5-8-16;1-3-4-2;1-3-2;1-2/h3-5,7-8,11-13,15,18-19H,6,9-10H2,1-2H3;3-4H2,1-2H3;3H2,1-2H3;1-2H3/t15-,18?,19?;;;/m0.../s1. The fourth-order valence-electron chi connectivity index (χ4n) is 4.19. The van der Waals surface area contributed by atoms with Crippen molar-refractivity contribution in [3.05, 3.63) is 70.8 Å². The summed E-state index contributed by atoms with van der Waals surface area (Å²) in [4.78, 5) is 0. The first kappa shape index (κ1) is 31.2. The average Bonchev–Trinajstić information content (AvgIpc) is 3.30. The van der Waals surface area contributed by atoms with Crippen LogP contribution in [-0.4, -0.2) is 0 Å². The zero-order chi connectivity index (χ0) is 25.4. The van der Waals surface area contributed by atoms with Gasteiger partial charge < -0.3 is 0 Å². The molecule has 2 aromatic rings. The first-order chi connectivity index (χ1) is 15.7. The van der Waals surface area contributed by atoms with Crippen LogP contribution in [0.25, 0.3) is 0 Å². The Balaban J connectivity index is 0.000000989. The van der Waals surface area contributed by atoms with E-state index in [2.05, 4.69) is 46.8 Å². The maximum absolute atomic E-state index is 13.1. The molecule has 1 aliphatic carbocycles. The summed E-state index contributed by atoms with van der Waals surface area (Å²) in [5, 5.41) is 0. The minimum atomic E-state index is -4.28. The Hall–Kier alpha value is -1.77. The summed E-state index contributed by atoms with van der Waals surface area (Å²) in [6.07, 6.45) is 2.75. The monoisotopic (exact) mass is 464 g/mol. The van der Waals surface area contributed by atoms with Gasteiger partial charge in [-0.2, -0.15) is 13.2 Å². The lowest BCUT2D eigenvalue weighted by atomic mass is 9.76. The van der Waals surface area contributed by atoms with Gasteiger partial charge in [-0.1, -0.05) is 111 Å². The second-order valence-electron chi connectivity index (χ2n) is 8.68. The molecular weight excluding hydrogens is 417 g/mol. The molecule has 3 rings (SSSR count). The second kappa shape index (κ2) is 16.8. The van der Waals surface area contributed by atoms with Crippen molar-refractivity contribution in [1.29, 1.82) is 0 Å². The number of hydrogen-bond acceptors (Lipinski definition) is 0. The zero-order valence-corrected chi connectivity index (χ0v) is 22.2. The molecule has 0 amide bonds. The highest BCUT2D eigenvalue weighted by molar-refractivity contribution is 5.37. The highest BCUT2D eigenvalue weighted by atomic mass is 19.4. The third-order valence-corrected chi connectivity index (χ3v) is 6.04. The molecule has 1 aliphatic rings. The number of unbranched alkanes of at least 4 members (excludes halogenated alkanes) is 1. The molecule has 0 N–H and O–H groups in total. The van der Waals surface area contributed by atoms with Gasteiger partial charge in [0.2, 0.25) is 0 Å². The molecule has 2 aromatic carbocycles. The van der Waals surface area contributed by atoms with Gasteiger partial charge in [-0.05, 0) is 66.3 Å². The number of aryl methyl sites for hydroxylation is 1. The Morgan fingerprint density at radius 2 is 1.42 bits per heavy atom. The molecule has 1 fully saturated rings. The lowest BCUT2D eigenvalue weighted by Crippen LogP contribution is -2.16. The fraction of sp³-hybridized carbons (Fsp3) is 0.600. The summed E-state index contributed by atoms with van der Waals surface area (Å²) in [6.45, 7) is 16.7. The molecule has 0 nitrogen and oxygen atoms in total. The van der Waals surface area contributed by atoms with Crippen LogP contribution in [-0.2, 0) is 6.18 Å².